The smallest absolute Gasteiger partial charge is 0.191 e. The van der Waals surface area contributed by atoms with Crippen LogP contribution in [-0.4, -0.2) is 42.0 Å². The summed E-state index contributed by atoms with van der Waals surface area (Å²) in [5.74, 6) is 2.39. The van der Waals surface area contributed by atoms with Gasteiger partial charge in [0.1, 0.15) is 0 Å². The van der Waals surface area contributed by atoms with Crippen LogP contribution < -0.4 is 20.1 Å². The number of guanidine groups is 1. The Morgan fingerprint density at radius 1 is 1.28 bits per heavy atom. The number of aryl methyl sites for hydroxylation is 2. The molecule has 0 amide bonds. The number of benzene rings is 1. The van der Waals surface area contributed by atoms with E-state index >= 15 is 0 Å². The van der Waals surface area contributed by atoms with Gasteiger partial charge in [0.2, 0.25) is 0 Å². The van der Waals surface area contributed by atoms with Gasteiger partial charge in [-0.3, -0.25) is 9.67 Å². The van der Waals surface area contributed by atoms with Gasteiger partial charge in [0, 0.05) is 37.9 Å². The monoisotopic (exact) mass is 555 g/mol. The SMILES string of the molecule is CN=C(NCc1cccc(OC)c1OC1CCCC1)NC(C)Cc1c(C)nn(C)c1C.I. The van der Waals surface area contributed by atoms with Crippen molar-refractivity contribution in [2.45, 2.75) is 71.6 Å². The second-order valence-corrected chi connectivity index (χ2v) is 8.42. The van der Waals surface area contributed by atoms with E-state index in [0.717, 1.165) is 48.0 Å². The minimum atomic E-state index is 0. The summed E-state index contributed by atoms with van der Waals surface area (Å²) in [6, 6.07) is 6.26. The van der Waals surface area contributed by atoms with Crippen molar-refractivity contribution in [3.05, 3.63) is 40.7 Å². The molecule has 0 radical (unpaired) electrons. The van der Waals surface area contributed by atoms with E-state index in [1.54, 1.807) is 14.2 Å². The van der Waals surface area contributed by atoms with Gasteiger partial charge in [0.15, 0.2) is 17.5 Å². The molecule has 1 fully saturated rings. The number of para-hydroxylation sites is 1. The number of nitrogens with one attached hydrogen (secondary N) is 2. The van der Waals surface area contributed by atoms with Gasteiger partial charge < -0.3 is 20.1 Å². The van der Waals surface area contributed by atoms with E-state index in [0.29, 0.717) is 6.54 Å². The molecule has 8 heteroatoms. The number of rotatable bonds is 8. The van der Waals surface area contributed by atoms with E-state index in [9.17, 15) is 0 Å². The lowest BCUT2D eigenvalue weighted by Crippen LogP contribution is -2.42. The molecule has 0 spiro atoms. The molecule has 1 unspecified atom stereocenters. The molecule has 0 aliphatic heterocycles. The molecule has 3 rings (SSSR count). The van der Waals surface area contributed by atoms with Gasteiger partial charge in [-0.15, -0.1) is 24.0 Å². The molecule has 0 saturated heterocycles. The number of methoxy groups -OCH3 is 1. The highest BCUT2D eigenvalue weighted by atomic mass is 127. The van der Waals surface area contributed by atoms with Crippen LogP contribution in [0.15, 0.2) is 23.2 Å². The highest BCUT2D eigenvalue weighted by molar-refractivity contribution is 14.0. The fourth-order valence-electron chi connectivity index (χ4n) is 4.24. The first-order valence-electron chi connectivity index (χ1n) is 11.2. The number of hydrogen-bond donors (Lipinski definition) is 2. The Labute approximate surface area is 209 Å². The van der Waals surface area contributed by atoms with Crippen molar-refractivity contribution in [2.75, 3.05) is 14.2 Å². The number of aliphatic imine (C=N–C) groups is 1. The second-order valence-electron chi connectivity index (χ2n) is 8.42. The lowest BCUT2D eigenvalue weighted by molar-refractivity contribution is 0.198. The van der Waals surface area contributed by atoms with Crippen molar-refractivity contribution in [1.29, 1.82) is 0 Å². The highest BCUT2D eigenvalue weighted by Crippen LogP contribution is 2.34. The fraction of sp³-hybridized carbons (Fsp3) is 0.583. The number of nitrogens with zero attached hydrogens (tertiary/aromatic N) is 3. The van der Waals surface area contributed by atoms with Crippen LogP contribution >= 0.6 is 24.0 Å². The molecule has 2 aromatic rings. The lowest BCUT2D eigenvalue weighted by atomic mass is 10.1. The summed E-state index contributed by atoms with van der Waals surface area (Å²) in [5.41, 5.74) is 4.65. The Kier molecular flexibility index (Phi) is 10.1. The van der Waals surface area contributed by atoms with Gasteiger partial charge in [-0.1, -0.05) is 12.1 Å². The molecule has 1 aromatic heterocycles. The Hall–Kier alpha value is -1.97. The zero-order valence-corrected chi connectivity index (χ0v) is 22.5. The predicted molar refractivity (Wildman–Crippen MR) is 140 cm³/mol. The zero-order chi connectivity index (χ0) is 22.4. The van der Waals surface area contributed by atoms with Gasteiger partial charge in [-0.25, -0.2) is 0 Å². The molecule has 1 aliphatic rings. The van der Waals surface area contributed by atoms with Crippen LogP contribution in [0.5, 0.6) is 11.5 Å². The lowest BCUT2D eigenvalue weighted by Gasteiger charge is -2.21. The summed E-state index contributed by atoms with van der Waals surface area (Å²) in [6.07, 6.45) is 5.85. The molecule has 0 bridgehead atoms. The van der Waals surface area contributed by atoms with Gasteiger partial charge in [0.05, 0.1) is 18.9 Å². The molecule has 1 atom stereocenters. The van der Waals surface area contributed by atoms with Gasteiger partial charge in [0.25, 0.3) is 0 Å². The summed E-state index contributed by atoms with van der Waals surface area (Å²) >= 11 is 0. The standard InChI is InChI=1S/C24H37N5O2.HI/c1-16(14-21-17(2)28-29(5)18(21)3)27-24(25-4)26-15-19-10-9-13-22(30-6)23(19)31-20-11-7-8-12-20;/h9-10,13,16,20H,7-8,11-12,14-15H2,1-6H3,(H2,25,26,27);1H. The third kappa shape index (κ3) is 6.52. The molecule has 178 valence electrons. The molecule has 32 heavy (non-hydrogen) atoms. The Bertz CT molecular complexity index is 906. The predicted octanol–water partition coefficient (Wildman–Crippen LogP) is 4.28. The van der Waals surface area contributed by atoms with Crippen molar-refractivity contribution in [2.24, 2.45) is 12.0 Å². The van der Waals surface area contributed by atoms with Crippen LogP contribution in [0.4, 0.5) is 0 Å². The van der Waals surface area contributed by atoms with Crippen LogP contribution in [0.2, 0.25) is 0 Å². The van der Waals surface area contributed by atoms with Crippen LogP contribution in [0, 0.1) is 13.8 Å². The first kappa shape index (κ1) is 26.3. The van der Waals surface area contributed by atoms with Crippen molar-refractivity contribution in [3.8, 4) is 11.5 Å². The third-order valence-corrected chi connectivity index (χ3v) is 6.09. The average Bonchev–Trinajstić information content (AvgIpc) is 3.35. The maximum Gasteiger partial charge on any atom is 0.191 e. The number of hydrogen-bond acceptors (Lipinski definition) is 4. The van der Waals surface area contributed by atoms with Crippen molar-refractivity contribution >= 4 is 29.9 Å². The molecule has 1 heterocycles. The van der Waals surface area contributed by atoms with Crippen molar-refractivity contribution < 1.29 is 9.47 Å². The Balaban J connectivity index is 0.00000363. The van der Waals surface area contributed by atoms with Crippen molar-refractivity contribution in [1.82, 2.24) is 20.4 Å². The molecule has 2 N–H and O–H groups in total. The van der Waals surface area contributed by atoms with Gasteiger partial charge in [-0.2, -0.15) is 5.10 Å². The maximum absolute atomic E-state index is 6.35. The Morgan fingerprint density at radius 3 is 2.59 bits per heavy atom. The average molecular weight is 556 g/mol. The fourth-order valence-corrected chi connectivity index (χ4v) is 4.24. The second kappa shape index (κ2) is 12.3. The zero-order valence-electron chi connectivity index (χ0n) is 20.2. The molecule has 1 aliphatic carbocycles. The van der Waals surface area contributed by atoms with E-state index in [2.05, 4.69) is 47.6 Å². The van der Waals surface area contributed by atoms with Gasteiger partial charge in [-0.05, 0) is 64.5 Å². The minimum Gasteiger partial charge on any atom is -0.493 e. The summed E-state index contributed by atoms with van der Waals surface area (Å²) in [6.45, 7) is 6.95. The minimum absolute atomic E-state index is 0. The molecule has 7 nitrogen and oxygen atoms in total. The summed E-state index contributed by atoms with van der Waals surface area (Å²) < 4.78 is 13.9. The number of halogens is 1. The maximum atomic E-state index is 6.35. The largest absolute Gasteiger partial charge is 0.493 e. The number of aromatic nitrogens is 2. The van der Waals surface area contributed by atoms with Gasteiger partial charge >= 0.3 is 0 Å². The molecule has 1 aromatic carbocycles. The van der Waals surface area contributed by atoms with E-state index in [-0.39, 0.29) is 36.1 Å². The van der Waals surface area contributed by atoms with E-state index < -0.39 is 0 Å². The van der Waals surface area contributed by atoms with E-state index in [1.807, 2.05) is 23.9 Å². The third-order valence-electron chi connectivity index (χ3n) is 6.09. The van der Waals surface area contributed by atoms with Crippen molar-refractivity contribution in [3.63, 3.8) is 0 Å². The summed E-state index contributed by atoms with van der Waals surface area (Å²) in [7, 11) is 5.48. The molecular weight excluding hydrogens is 517 g/mol. The normalized spacial score (nSPS) is 15.2. The van der Waals surface area contributed by atoms with Crippen LogP contribution in [-0.2, 0) is 20.0 Å². The van der Waals surface area contributed by atoms with Crippen LogP contribution in [0.25, 0.3) is 0 Å². The van der Waals surface area contributed by atoms with Crippen LogP contribution in [0.1, 0.15) is 55.1 Å². The molecular formula is C24H38IN5O2. The first-order chi connectivity index (χ1) is 14.9. The Morgan fingerprint density at radius 2 is 2.00 bits per heavy atom. The topological polar surface area (TPSA) is 72.7 Å². The van der Waals surface area contributed by atoms with Crippen LogP contribution in [0.3, 0.4) is 0 Å². The summed E-state index contributed by atoms with van der Waals surface area (Å²) in [5, 5.41) is 11.5. The van der Waals surface area contributed by atoms with E-state index in [4.69, 9.17) is 9.47 Å². The number of ether oxygens (including phenoxy) is 2. The molecule has 1 saturated carbocycles. The summed E-state index contributed by atoms with van der Waals surface area (Å²) in [4.78, 5) is 4.41. The van der Waals surface area contributed by atoms with E-state index in [1.165, 1.54) is 24.1 Å². The first-order valence-corrected chi connectivity index (χ1v) is 11.2. The highest BCUT2D eigenvalue weighted by Gasteiger charge is 2.21. The quantitative estimate of drug-likeness (QED) is 0.289.